The van der Waals surface area contributed by atoms with Crippen molar-refractivity contribution in [3.05, 3.63) is 35.9 Å². The highest BCUT2D eigenvalue weighted by Gasteiger charge is 1.97. The minimum atomic E-state index is 0.658. The maximum Gasteiger partial charge on any atom is 0.140 e. The number of thioether (sulfide) groups is 1. The third-order valence-electron chi connectivity index (χ3n) is 1.33. The molecule has 11 heavy (non-hydrogen) atoms. The number of hydrogen-bond donors (Lipinski definition) is 0. The third kappa shape index (κ3) is 1.97. The second-order valence-electron chi connectivity index (χ2n) is 2.00. The molecule has 0 unspecified atom stereocenters. The van der Waals surface area contributed by atoms with Crippen molar-refractivity contribution >= 4 is 22.6 Å². The van der Waals surface area contributed by atoms with Crippen LogP contribution < -0.4 is 0 Å². The van der Waals surface area contributed by atoms with Crippen LogP contribution in [0.2, 0.25) is 0 Å². The normalized spacial score (nSPS) is 8.82. The zero-order valence-corrected chi connectivity index (χ0v) is 7.02. The first kappa shape index (κ1) is 8.12. The van der Waals surface area contributed by atoms with E-state index in [0.717, 1.165) is 5.56 Å². The standard InChI is InChI=1S/C9H8OS/c1-11-9(7-10)8-5-3-2-4-6-8/h2-6H,1H3. The Hall–Kier alpha value is -0.980. The summed E-state index contributed by atoms with van der Waals surface area (Å²) < 4.78 is 0. The summed E-state index contributed by atoms with van der Waals surface area (Å²) in [6.45, 7) is 0. The quantitative estimate of drug-likeness (QED) is 0.623. The Morgan fingerprint density at radius 2 is 2.00 bits per heavy atom. The van der Waals surface area contributed by atoms with E-state index in [1.54, 1.807) is 0 Å². The second kappa shape index (κ2) is 4.02. The Bertz CT molecular complexity index is 273. The molecule has 0 radical (unpaired) electrons. The molecule has 2 heteroatoms. The van der Waals surface area contributed by atoms with Crippen molar-refractivity contribution in [3.63, 3.8) is 0 Å². The molecule has 0 saturated heterocycles. The summed E-state index contributed by atoms with van der Waals surface area (Å²) in [6.07, 6.45) is 1.87. The topological polar surface area (TPSA) is 17.1 Å². The molecule has 0 bridgehead atoms. The lowest BCUT2D eigenvalue weighted by Gasteiger charge is -1.96. The van der Waals surface area contributed by atoms with Gasteiger partial charge >= 0.3 is 0 Å². The van der Waals surface area contributed by atoms with Crippen LogP contribution in [-0.2, 0) is 4.79 Å². The van der Waals surface area contributed by atoms with E-state index < -0.39 is 0 Å². The van der Waals surface area contributed by atoms with Crippen molar-refractivity contribution in [2.45, 2.75) is 0 Å². The maximum absolute atomic E-state index is 10.4. The molecule has 0 amide bonds. The van der Waals surface area contributed by atoms with Gasteiger partial charge < -0.3 is 0 Å². The van der Waals surface area contributed by atoms with Crippen molar-refractivity contribution in [1.82, 2.24) is 0 Å². The first-order chi connectivity index (χ1) is 5.38. The van der Waals surface area contributed by atoms with E-state index in [9.17, 15) is 4.79 Å². The molecule has 1 aromatic carbocycles. The van der Waals surface area contributed by atoms with Crippen molar-refractivity contribution < 1.29 is 4.79 Å². The van der Waals surface area contributed by atoms with E-state index in [2.05, 4.69) is 0 Å². The lowest BCUT2D eigenvalue weighted by Crippen LogP contribution is -1.77. The summed E-state index contributed by atoms with van der Waals surface area (Å²) in [6, 6.07) is 9.53. The molecule has 0 spiro atoms. The first-order valence-corrected chi connectivity index (χ1v) is 4.45. The molecule has 1 rings (SSSR count). The Morgan fingerprint density at radius 1 is 1.36 bits per heavy atom. The summed E-state index contributed by atoms with van der Waals surface area (Å²) in [5, 5.41) is 0. The van der Waals surface area contributed by atoms with Gasteiger partial charge in [0.15, 0.2) is 0 Å². The minimum absolute atomic E-state index is 0.658. The Balaban J connectivity index is 3.02. The van der Waals surface area contributed by atoms with E-state index in [1.807, 2.05) is 42.5 Å². The molecule has 0 N–H and O–H groups in total. The molecule has 0 fully saturated rings. The zero-order valence-electron chi connectivity index (χ0n) is 6.20. The smallest absolute Gasteiger partial charge is 0.140 e. The fraction of sp³-hybridized carbons (Fsp3) is 0.111. The van der Waals surface area contributed by atoms with Gasteiger partial charge in [-0.3, -0.25) is 0 Å². The highest BCUT2D eigenvalue weighted by atomic mass is 32.2. The lowest BCUT2D eigenvalue weighted by molar-refractivity contribution is 0.570. The van der Waals surface area contributed by atoms with Gasteiger partial charge in [0.05, 0.1) is 4.91 Å². The van der Waals surface area contributed by atoms with E-state index in [-0.39, 0.29) is 0 Å². The van der Waals surface area contributed by atoms with Crippen LogP contribution >= 0.6 is 11.8 Å². The Morgan fingerprint density at radius 3 is 2.45 bits per heavy atom. The monoisotopic (exact) mass is 164 g/mol. The molecule has 0 aliphatic rings. The predicted molar refractivity (Wildman–Crippen MR) is 49.1 cm³/mol. The first-order valence-electron chi connectivity index (χ1n) is 3.23. The van der Waals surface area contributed by atoms with Gasteiger partial charge in [-0.15, -0.1) is 11.8 Å². The van der Waals surface area contributed by atoms with Crippen LogP contribution in [0.4, 0.5) is 0 Å². The molecule has 56 valence electrons. The van der Waals surface area contributed by atoms with Crippen LogP contribution in [0.1, 0.15) is 5.56 Å². The van der Waals surface area contributed by atoms with Crippen LogP contribution in [0.3, 0.4) is 0 Å². The maximum atomic E-state index is 10.4. The fourth-order valence-electron chi connectivity index (χ4n) is 0.808. The Kier molecular flexibility index (Phi) is 2.96. The molecule has 0 atom stereocenters. The number of rotatable bonds is 2. The highest BCUT2D eigenvalue weighted by Crippen LogP contribution is 2.20. The van der Waals surface area contributed by atoms with Gasteiger partial charge in [-0.05, 0) is 11.8 Å². The van der Waals surface area contributed by atoms with Gasteiger partial charge in [-0.2, -0.15) is 0 Å². The second-order valence-corrected chi connectivity index (χ2v) is 2.82. The van der Waals surface area contributed by atoms with E-state index in [0.29, 0.717) is 4.91 Å². The average molecular weight is 164 g/mol. The number of benzene rings is 1. The van der Waals surface area contributed by atoms with Gasteiger partial charge in [-0.25, -0.2) is 4.79 Å². The van der Waals surface area contributed by atoms with Gasteiger partial charge in [0.1, 0.15) is 5.94 Å². The number of hydrogen-bond acceptors (Lipinski definition) is 2. The molecule has 0 aromatic heterocycles. The molecule has 0 aliphatic heterocycles. The van der Waals surface area contributed by atoms with Crippen LogP contribution in [0.15, 0.2) is 30.3 Å². The summed E-state index contributed by atoms with van der Waals surface area (Å²) in [7, 11) is 0. The van der Waals surface area contributed by atoms with Crippen molar-refractivity contribution in [2.24, 2.45) is 0 Å². The highest BCUT2D eigenvalue weighted by molar-refractivity contribution is 8.08. The lowest BCUT2D eigenvalue weighted by atomic mass is 10.2. The summed E-state index contributed by atoms with van der Waals surface area (Å²) >= 11 is 1.42. The van der Waals surface area contributed by atoms with E-state index in [1.165, 1.54) is 11.8 Å². The third-order valence-corrected chi connectivity index (χ3v) is 2.06. The average Bonchev–Trinajstić information content (AvgIpc) is 2.09. The molecule has 0 aliphatic carbocycles. The molecule has 1 nitrogen and oxygen atoms in total. The molecule has 0 heterocycles. The largest absolute Gasteiger partial charge is 0.232 e. The summed E-state index contributed by atoms with van der Waals surface area (Å²) in [5.74, 6) is 1.90. The van der Waals surface area contributed by atoms with Gasteiger partial charge in [0, 0.05) is 0 Å². The van der Waals surface area contributed by atoms with Crippen LogP contribution in [-0.4, -0.2) is 12.2 Å². The van der Waals surface area contributed by atoms with Crippen molar-refractivity contribution in [3.8, 4) is 0 Å². The van der Waals surface area contributed by atoms with E-state index >= 15 is 0 Å². The van der Waals surface area contributed by atoms with Crippen LogP contribution in [0, 0.1) is 0 Å². The predicted octanol–water partition coefficient (Wildman–Crippen LogP) is 2.22. The minimum Gasteiger partial charge on any atom is -0.232 e. The molecule has 1 aromatic rings. The van der Waals surface area contributed by atoms with Crippen LogP contribution in [0.5, 0.6) is 0 Å². The Labute approximate surface area is 70.1 Å². The van der Waals surface area contributed by atoms with E-state index in [4.69, 9.17) is 0 Å². The number of carbonyl (C=O) groups excluding carboxylic acids is 1. The SMILES string of the molecule is CSC(=C=O)c1ccccc1. The van der Waals surface area contributed by atoms with Gasteiger partial charge in [0.2, 0.25) is 0 Å². The van der Waals surface area contributed by atoms with Gasteiger partial charge in [0.25, 0.3) is 0 Å². The van der Waals surface area contributed by atoms with Crippen LogP contribution in [0.25, 0.3) is 4.91 Å². The molecular formula is C9H8OS. The van der Waals surface area contributed by atoms with Crippen molar-refractivity contribution in [2.75, 3.05) is 6.26 Å². The zero-order chi connectivity index (χ0) is 8.10. The fourth-order valence-corrected chi connectivity index (χ4v) is 1.26. The van der Waals surface area contributed by atoms with Gasteiger partial charge in [-0.1, -0.05) is 30.3 Å². The molecular weight excluding hydrogens is 156 g/mol. The summed E-state index contributed by atoms with van der Waals surface area (Å²) in [5.41, 5.74) is 0.940. The molecule has 0 saturated carbocycles. The summed E-state index contributed by atoms with van der Waals surface area (Å²) in [4.78, 5) is 11.0. The van der Waals surface area contributed by atoms with Crippen molar-refractivity contribution in [1.29, 1.82) is 0 Å².